The van der Waals surface area contributed by atoms with E-state index in [0.717, 1.165) is 48.6 Å². The molecule has 0 amide bonds. The maximum absolute atomic E-state index is 12.7. The van der Waals surface area contributed by atoms with Crippen LogP contribution in [0.2, 0.25) is 0 Å². The highest BCUT2D eigenvalue weighted by Crippen LogP contribution is 2.40. The van der Waals surface area contributed by atoms with Gasteiger partial charge in [0.05, 0.1) is 0 Å². The van der Waals surface area contributed by atoms with E-state index < -0.39 is 17.2 Å². The van der Waals surface area contributed by atoms with Crippen LogP contribution in [0.1, 0.15) is 48.8 Å². The minimum Gasteiger partial charge on any atom is -0.454 e. The molecule has 0 spiro atoms. The molecule has 0 atom stereocenters. The predicted octanol–water partition coefficient (Wildman–Crippen LogP) is 6.62. The van der Waals surface area contributed by atoms with Gasteiger partial charge in [0.15, 0.2) is 6.21 Å². The van der Waals surface area contributed by atoms with Crippen molar-refractivity contribution >= 4 is 28.1 Å². The average Bonchev–Trinajstić information content (AvgIpc) is 2.89. The van der Waals surface area contributed by atoms with E-state index in [1.165, 1.54) is 6.42 Å². The molecule has 0 saturated heterocycles. The Bertz CT molecular complexity index is 952. The van der Waals surface area contributed by atoms with Crippen LogP contribution in [0.15, 0.2) is 96.2 Å². The van der Waals surface area contributed by atoms with Gasteiger partial charge in [0.2, 0.25) is 5.60 Å². The molecule has 0 aromatic heterocycles. The molecule has 3 aromatic carbocycles. The molecule has 170 valence electrons. The van der Waals surface area contributed by atoms with Gasteiger partial charge < -0.3 is 9.57 Å². The number of hydrogen-bond acceptors (Lipinski definition) is 4. The van der Waals surface area contributed by atoms with Gasteiger partial charge in [-0.1, -0.05) is 119 Å². The quantitative estimate of drug-likeness (QED) is 0.113. The first-order valence-corrected chi connectivity index (χ1v) is 12.5. The van der Waals surface area contributed by atoms with Crippen molar-refractivity contribution in [2.45, 2.75) is 43.3 Å². The first kappa shape index (κ1) is 23.2. The second-order valence-electron chi connectivity index (χ2n) is 8.40. The monoisotopic (exact) mass is 505 g/mol. The molecule has 0 radical (unpaired) electrons. The van der Waals surface area contributed by atoms with Crippen LogP contribution in [-0.2, 0) is 20.0 Å². The van der Waals surface area contributed by atoms with Crippen molar-refractivity contribution in [3.05, 3.63) is 108 Å². The first-order chi connectivity index (χ1) is 16.2. The van der Waals surface area contributed by atoms with E-state index in [4.69, 9.17) is 9.57 Å². The lowest BCUT2D eigenvalue weighted by atomic mass is 9.80. The van der Waals surface area contributed by atoms with Gasteiger partial charge in [-0.3, -0.25) is 0 Å². The number of halogens is 1. The number of oxime groups is 1. The fourth-order valence-electron chi connectivity index (χ4n) is 4.52. The molecule has 1 aliphatic rings. The van der Waals surface area contributed by atoms with E-state index in [2.05, 4.69) is 21.1 Å². The van der Waals surface area contributed by atoms with Crippen LogP contribution in [0, 0.1) is 0 Å². The van der Waals surface area contributed by atoms with Crippen molar-refractivity contribution in [2.75, 3.05) is 5.33 Å². The van der Waals surface area contributed by atoms with Crippen LogP contribution in [0.4, 0.5) is 0 Å². The van der Waals surface area contributed by atoms with E-state index in [1.54, 1.807) is 0 Å². The van der Waals surface area contributed by atoms with E-state index >= 15 is 0 Å². The highest BCUT2D eigenvalue weighted by atomic mass is 79.9. The predicted molar refractivity (Wildman–Crippen MR) is 134 cm³/mol. The first-order valence-electron chi connectivity index (χ1n) is 11.4. The highest BCUT2D eigenvalue weighted by Gasteiger charge is 2.40. The molecular formula is C28H28BrNO3. The van der Waals surface area contributed by atoms with Crippen LogP contribution < -0.4 is 0 Å². The second-order valence-corrected chi connectivity index (χ2v) is 8.96. The van der Waals surface area contributed by atoms with E-state index in [0.29, 0.717) is 5.33 Å². The zero-order valence-corrected chi connectivity index (χ0v) is 20.1. The minimum atomic E-state index is -1.02. The number of benzene rings is 3. The zero-order chi connectivity index (χ0) is 23.0. The summed E-state index contributed by atoms with van der Waals surface area (Å²) in [4.78, 5) is 19.0. The number of carbonyl (C=O) groups excluding carboxylic acids is 1. The number of rotatable bonds is 8. The van der Waals surface area contributed by atoms with E-state index in [-0.39, 0.29) is 0 Å². The Morgan fingerprint density at radius 2 is 1.27 bits per heavy atom. The van der Waals surface area contributed by atoms with Crippen molar-refractivity contribution in [1.82, 2.24) is 0 Å². The lowest BCUT2D eigenvalue weighted by Crippen LogP contribution is -2.39. The van der Waals surface area contributed by atoms with Crippen LogP contribution in [0.25, 0.3) is 0 Å². The zero-order valence-electron chi connectivity index (χ0n) is 18.5. The summed E-state index contributed by atoms with van der Waals surface area (Å²) < 4.78 is 5.84. The van der Waals surface area contributed by atoms with Gasteiger partial charge in [-0.05, 0) is 25.7 Å². The van der Waals surface area contributed by atoms with Crippen LogP contribution in [-0.4, -0.2) is 23.1 Å². The summed E-state index contributed by atoms with van der Waals surface area (Å²) in [5.41, 5.74) is 1.27. The molecule has 1 saturated carbocycles. The number of nitrogens with zero attached hydrogens (tertiary/aromatic N) is 1. The number of carbonyl (C=O) groups is 1. The topological polar surface area (TPSA) is 47.9 Å². The third kappa shape index (κ3) is 5.19. The summed E-state index contributed by atoms with van der Waals surface area (Å²) in [5, 5.41) is 4.82. The molecule has 33 heavy (non-hydrogen) atoms. The van der Waals surface area contributed by atoms with Gasteiger partial charge in [0, 0.05) is 22.0 Å². The Balaban J connectivity index is 1.68. The van der Waals surface area contributed by atoms with Crippen LogP contribution in [0.5, 0.6) is 0 Å². The third-order valence-corrected chi connectivity index (χ3v) is 7.24. The van der Waals surface area contributed by atoms with Crippen LogP contribution >= 0.6 is 15.9 Å². The van der Waals surface area contributed by atoms with Gasteiger partial charge in [-0.2, -0.15) is 0 Å². The molecule has 3 aromatic rings. The number of alkyl halides is 1. The van der Waals surface area contributed by atoms with E-state index in [9.17, 15) is 4.79 Å². The van der Waals surface area contributed by atoms with Gasteiger partial charge in [0.1, 0.15) is 5.60 Å². The van der Waals surface area contributed by atoms with Crippen molar-refractivity contribution in [2.24, 2.45) is 5.16 Å². The fourth-order valence-corrected chi connectivity index (χ4v) is 5.20. The van der Waals surface area contributed by atoms with Crippen molar-refractivity contribution in [3.63, 3.8) is 0 Å². The molecular weight excluding hydrogens is 478 g/mol. The molecule has 1 aliphatic carbocycles. The lowest BCUT2D eigenvalue weighted by molar-refractivity contribution is -0.151. The maximum Gasteiger partial charge on any atom is 0.353 e. The Morgan fingerprint density at radius 3 is 1.70 bits per heavy atom. The normalized spacial score (nSPS) is 15.8. The Kier molecular flexibility index (Phi) is 7.61. The molecule has 4 rings (SSSR count). The summed E-state index contributed by atoms with van der Waals surface area (Å²) in [6.45, 7) is 0. The lowest BCUT2D eigenvalue weighted by Gasteiger charge is -2.35. The van der Waals surface area contributed by atoms with Gasteiger partial charge in [0.25, 0.3) is 0 Å². The van der Waals surface area contributed by atoms with Crippen LogP contribution in [0.3, 0.4) is 0 Å². The Morgan fingerprint density at radius 1 is 0.818 bits per heavy atom. The van der Waals surface area contributed by atoms with Gasteiger partial charge in [-0.15, -0.1) is 0 Å². The summed E-state index contributed by atoms with van der Waals surface area (Å²) in [6, 6.07) is 29.8. The Hall–Kier alpha value is -2.92. The summed E-state index contributed by atoms with van der Waals surface area (Å²) >= 11 is 3.54. The van der Waals surface area contributed by atoms with Gasteiger partial charge in [-0.25, -0.2) is 4.79 Å². The largest absolute Gasteiger partial charge is 0.454 e. The average molecular weight is 506 g/mol. The number of esters is 1. The second kappa shape index (κ2) is 10.8. The minimum absolute atomic E-state index is 0.462. The summed E-state index contributed by atoms with van der Waals surface area (Å²) in [6.07, 6.45) is 6.18. The molecule has 0 N–H and O–H groups in total. The maximum atomic E-state index is 12.7. The van der Waals surface area contributed by atoms with Gasteiger partial charge >= 0.3 is 5.97 Å². The smallest absolute Gasteiger partial charge is 0.353 e. The molecule has 0 heterocycles. The van der Waals surface area contributed by atoms with Crippen molar-refractivity contribution in [3.8, 4) is 0 Å². The fraction of sp³-hybridized carbons (Fsp3) is 0.286. The standard InChI is InChI=1S/C28H28BrNO3/c29-22-27(19-11-4-12-20-27)32-26(31)21-30-33-28(23-13-5-1-6-14-23,24-15-7-2-8-16-24)25-17-9-3-10-18-25/h1-3,5-10,13-18,21H,4,11-12,19-20,22H2/b30-21+. The molecule has 4 nitrogen and oxygen atoms in total. The molecule has 5 heteroatoms. The number of hydrogen-bond donors (Lipinski definition) is 0. The highest BCUT2D eigenvalue weighted by molar-refractivity contribution is 9.09. The summed E-state index contributed by atoms with van der Waals surface area (Å²) in [5.74, 6) is -0.487. The number of ether oxygens (including phenoxy) is 1. The molecule has 0 unspecified atom stereocenters. The molecule has 0 bridgehead atoms. The molecule has 0 aliphatic heterocycles. The summed E-state index contributed by atoms with van der Waals surface area (Å²) in [7, 11) is 0. The van der Waals surface area contributed by atoms with Crippen molar-refractivity contribution in [1.29, 1.82) is 0 Å². The van der Waals surface area contributed by atoms with E-state index in [1.807, 2.05) is 91.0 Å². The third-order valence-electron chi connectivity index (χ3n) is 6.21. The SMILES string of the molecule is O=C(/C=N/OC(c1ccccc1)(c1ccccc1)c1ccccc1)OC1(CBr)CCCCC1. The van der Waals surface area contributed by atoms with Crippen molar-refractivity contribution < 1.29 is 14.4 Å². The molecule has 1 fully saturated rings. The Labute approximate surface area is 203 Å².